The second kappa shape index (κ2) is 8.56. The molecule has 0 saturated carbocycles. The van der Waals surface area contributed by atoms with E-state index in [1.165, 1.54) is 6.07 Å². The molecule has 198 valence electrons. The molecule has 0 aromatic heterocycles. The quantitative estimate of drug-likeness (QED) is 0.306. The Morgan fingerprint density at radius 2 is 1.82 bits per heavy atom. The molecule has 38 heavy (non-hydrogen) atoms. The Morgan fingerprint density at radius 3 is 2.50 bits per heavy atom. The van der Waals surface area contributed by atoms with Crippen LogP contribution >= 0.6 is 11.6 Å². The van der Waals surface area contributed by atoms with Gasteiger partial charge in [0.05, 0.1) is 28.7 Å². The van der Waals surface area contributed by atoms with Crippen LogP contribution in [-0.4, -0.2) is 26.2 Å². The maximum atomic E-state index is 14.1. The third-order valence-electron chi connectivity index (χ3n) is 6.01. The van der Waals surface area contributed by atoms with Crippen LogP contribution in [-0.2, 0) is 16.0 Å². The van der Waals surface area contributed by atoms with Crippen molar-refractivity contribution in [1.29, 1.82) is 0 Å². The van der Waals surface area contributed by atoms with Gasteiger partial charge in [0.15, 0.2) is 0 Å². The van der Waals surface area contributed by atoms with Crippen molar-refractivity contribution in [2.24, 2.45) is 0 Å². The summed E-state index contributed by atoms with van der Waals surface area (Å²) in [6, 6.07) is 3.30. The molecule has 1 unspecified atom stereocenters. The molecule has 0 spiro atoms. The average Bonchev–Trinajstić information content (AvgIpc) is 3.10. The largest absolute Gasteiger partial charge is 0.416 e. The van der Waals surface area contributed by atoms with Gasteiger partial charge in [-0.05, 0) is 42.5 Å². The second-order valence-electron chi connectivity index (χ2n) is 8.51. The van der Waals surface area contributed by atoms with Crippen molar-refractivity contribution < 1.29 is 40.0 Å². The van der Waals surface area contributed by atoms with E-state index < -0.39 is 67.5 Å². The van der Waals surface area contributed by atoms with Gasteiger partial charge in [-0.25, -0.2) is 22.0 Å². The Balaban J connectivity index is 1.71. The third kappa shape index (κ3) is 4.19. The van der Waals surface area contributed by atoms with E-state index in [9.17, 15) is 40.0 Å². The van der Waals surface area contributed by atoms with Crippen LogP contribution in [0, 0.1) is 11.6 Å². The number of nitrogens with one attached hydrogen (secondary N) is 2. The second-order valence-corrected chi connectivity index (χ2v) is 10.8. The van der Waals surface area contributed by atoms with Crippen LogP contribution in [0.3, 0.4) is 0 Å². The topological polar surface area (TPSA) is 122 Å². The molecule has 1 atom stereocenters. The van der Waals surface area contributed by atoms with E-state index in [0.717, 1.165) is 23.1 Å². The van der Waals surface area contributed by atoms with Gasteiger partial charge >= 0.3 is 12.2 Å². The van der Waals surface area contributed by atoms with E-state index in [-0.39, 0.29) is 39.3 Å². The van der Waals surface area contributed by atoms with E-state index in [1.807, 2.05) is 0 Å². The fourth-order valence-corrected chi connectivity index (χ4v) is 6.33. The molecule has 2 heterocycles. The zero-order chi connectivity index (χ0) is 27.7. The molecule has 8 nitrogen and oxygen atoms in total. The van der Waals surface area contributed by atoms with Crippen LogP contribution in [0.4, 0.5) is 43.8 Å². The highest BCUT2D eigenvalue weighted by Gasteiger charge is 2.46. The standard InChI is InChI=1S/C23H14ClF5N4O4S/c24-14-2-1-11(25)6-13(14)18-17-16(31-21(34)9-3-10(23(27,28)29)5-12(26)4-9)7-15(30)20-19(17)33(22(35)32-18)8-38(20,36)37/h1-7,18H,8,30H2,(H,31,34)(H,32,35). The van der Waals surface area contributed by atoms with E-state index in [1.54, 1.807) is 0 Å². The fourth-order valence-electron chi connectivity index (χ4n) is 4.46. The van der Waals surface area contributed by atoms with Gasteiger partial charge in [0.25, 0.3) is 5.91 Å². The zero-order valence-corrected chi connectivity index (χ0v) is 20.2. The summed E-state index contributed by atoms with van der Waals surface area (Å²) in [5.41, 5.74) is 3.00. The maximum Gasteiger partial charge on any atom is 0.416 e. The Morgan fingerprint density at radius 1 is 1.11 bits per heavy atom. The van der Waals surface area contributed by atoms with E-state index >= 15 is 0 Å². The van der Waals surface area contributed by atoms with Gasteiger partial charge in [0, 0.05) is 21.7 Å². The highest BCUT2D eigenvalue weighted by Crippen LogP contribution is 2.51. The molecule has 2 aliphatic heterocycles. The number of hydrogen-bond acceptors (Lipinski definition) is 5. The van der Waals surface area contributed by atoms with E-state index in [4.69, 9.17) is 17.3 Å². The number of halogens is 6. The first-order valence-corrected chi connectivity index (χ1v) is 12.6. The number of urea groups is 1. The lowest BCUT2D eigenvalue weighted by atomic mass is 9.92. The Kier molecular flexibility index (Phi) is 5.80. The number of amides is 3. The number of anilines is 3. The van der Waals surface area contributed by atoms with Crippen molar-refractivity contribution in [2.45, 2.75) is 17.1 Å². The number of nitrogen functional groups attached to an aromatic ring is 1. The summed E-state index contributed by atoms with van der Waals surface area (Å²) in [5, 5.41) is 4.81. The molecule has 0 aliphatic carbocycles. The molecule has 4 N–H and O–H groups in total. The predicted octanol–water partition coefficient (Wildman–Crippen LogP) is 4.84. The molecule has 3 aromatic carbocycles. The summed E-state index contributed by atoms with van der Waals surface area (Å²) < 4.78 is 93.2. The average molecular weight is 573 g/mol. The molecular formula is C23H14ClF5N4O4S. The summed E-state index contributed by atoms with van der Waals surface area (Å²) in [4.78, 5) is 26.3. The van der Waals surface area contributed by atoms with Crippen molar-refractivity contribution in [3.63, 3.8) is 0 Å². The lowest BCUT2D eigenvalue weighted by molar-refractivity contribution is -0.137. The molecule has 3 amide bonds. The first-order chi connectivity index (χ1) is 17.7. The molecule has 0 bridgehead atoms. The molecule has 0 saturated heterocycles. The zero-order valence-electron chi connectivity index (χ0n) is 18.7. The van der Waals surface area contributed by atoms with Crippen molar-refractivity contribution in [3.8, 4) is 0 Å². The summed E-state index contributed by atoms with van der Waals surface area (Å²) in [5.74, 6) is -4.05. The number of benzene rings is 3. The van der Waals surface area contributed by atoms with Crippen molar-refractivity contribution in [1.82, 2.24) is 5.32 Å². The van der Waals surface area contributed by atoms with Crippen molar-refractivity contribution in [3.05, 3.63) is 81.4 Å². The summed E-state index contributed by atoms with van der Waals surface area (Å²) >= 11 is 6.24. The number of carbonyl (C=O) groups is 2. The summed E-state index contributed by atoms with van der Waals surface area (Å²) in [6.45, 7) is 0. The minimum Gasteiger partial charge on any atom is -0.398 e. The Bertz CT molecular complexity index is 1660. The van der Waals surface area contributed by atoms with Gasteiger partial charge in [0.2, 0.25) is 9.84 Å². The SMILES string of the molecule is Nc1cc(NC(=O)c2cc(F)cc(C(F)(F)F)c2)c2c3c1S(=O)(=O)CN3C(=O)NC2c1cc(F)ccc1Cl. The number of sulfone groups is 1. The highest BCUT2D eigenvalue weighted by atomic mass is 35.5. The van der Waals surface area contributed by atoms with E-state index in [0.29, 0.717) is 12.1 Å². The number of rotatable bonds is 3. The maximum absolute atomic E-state index is 14.1. The molecule has 15 heteroatoms. The summed E-state index contributed by atoms with van der Waals surface area (Å²) in [6.07, 6.45) is -4.94. The van der Waals surface area contributed by atoms with Crippen LogP contribution in [0.5, 0.6) is 0 Å². The number of hydrogen-bond donors (Lipinski definition) is 3. The Labute approximate surface area is 216 Å². The smallest absolute Gasteiger partial charge is 0.398 e. The van der Waals surface area contributed by atoms with Crippen LogP contribution in [0.25, 0.3) is 0 Å². The van der Waals surface area contributed by atoms with Crippen LogP contribution < -0.4 is 21.3 Å². The van der Waals surface area contributed by atoms with E-state index in [2.05, 4.69) is 10.6 Å². The predicted molar refractivity (Wildman–Crippen MR) is 127 cm³/mol. The first-order valence-electron chi connectivity index (χ1n) is 10.6. The normalized spacial score (nSPS) is 17.7. The minimum absolute atomic E-state index is 0.00320. The number of nitrogens with two attached hydrogens (primary N) is 1. The third-order valence-corrected chi connectivity index (χ3v) is 8.00. The van der Waals surface area contributed by atoms with Gasteiger partial charge in [-0.2, -0.15) is 13.2 Å². The van der Waals surface area contributed by atoms with Crippen molar-refractivity contribution in [2.75, 3.05) is 21.8 Å². The summed E-state index contributed by atoms with van der Waals surface area (Å²) in [7, 11) is -4.12. The highest BCUT2D eigenvalue weighted by molar-refractivity contribution is 7.92. The minimum atomic E-state index is -4.94. The molecule has 3 aromatic rings. The van der Waals surface area contributed by atoms with Crippen molar-refractivity contribution >= 4 is 50.4 Å². The van der Waals surface area contributed by atoms with Gasteiger partial charge < -0.3 is 16.4 Å². The van der Waals surface area contributed by atoms with Crippen LogP contribution in [0.15, 0.2) is 47.4 Å². The molecule has 0 fully saturated rings. The van der Waals surface area contributed by atoms with Gasteiger partial charge in [0.1, 0.15) is 22.4 Å². The lowest BCUT2D eigenvalue weighted by Crippen LogP contribution is -2.46. The van der Waals surface area contributed by atoms with Gasteiger partial charge in [-0.1, -0.05) is 11.6 Å². The number of carbonyl (C=O) groups excluding carboxylic acids is 2. The number of nitrogens with zero attached hydrogens (tertiary/aromatic N) is 1. The molecule has 0 radical (unpaired) electrons. The first kappa shape index (κ1) is 25.7. The molecular weight excluding hydrogens is 559 g/mol. The van der Waals surface area contributed by atoms with Crippen LogP contribution in [0.1, 0.15) is 33.1 Å². The fraction of sp³-hybridized carbons (Fsp3) is 0.130. The molecule has 2 aliphatic rings. The molecule has 5 rings (SSSR count). The van der Waals surface area contributed by atoms with Gasteiger partial charge in [-0.15, -0.1) is 0 Å². The van der Waals surface area contributed by atoms with Gasteiger partial charge in [-0.3, -0.25) is 9.69 Å². The Hall–Kier alpha value is -3.91. The van der Waals surface area contributed by atoms with Crippen LogP contribution in [0.2, 0.25) is 5.02 Å². The number of alkyl halides is 3. The monoisotopic (exact) mass is 572 g/mol. The lowest BCUT2D eigenvalue weighted by Gasteiger charge is -2.34.